The highest BCUT2D eigenvalue weighted by Gasteiger charge is 2.17. The molecule has 34 heavy (non-hydrogen) atoms. The molecule has 0 atom stereocenters. The number of halogens is 2. The number of urea groups is 1. The minimum atomic E-state index is -0.564. The van der Waals surface area contributed by atoms with Crippen LogP contribution in [-0.2, 0) is 6.54 Å². The van der Waals surface area contributed by atoms with Gasteiger partial charge in [-0.1, -0.05) is 6.07 Å². The first-order chi connectivity index (χ1) is 16.5. The van der Waals surface area contributed by atoms with Gasteiger partial charge in [0.1, 0.15) is 23.2 Å². The predicted octanol–water partition coefficient (Wildman–Crippen LogP) is 4.72. The molecular weight excluding hydrogens is 440 g/mol. The fourth-order valence-electron chi connectivity index (χ4n) is 3.86. The topological polar surface area (TPSA) is 69.7 Å². The largest absolute Gasteiger partial charge is 0.497 e. The van der Waals surface area contributed by atoms with E-state index in [-0.39, 0.29) is 6.03 Å². The number of rotatable bonds is 6. The molecule has 0 bridgehead atoms. The highest BCUT2D eigenvalue weighted by atomic mass is 19.1. The third-order valence-electron chi connectivity index (χ3n) is 5.68. The Morgan fingerprint density at radius 3 is 2.44 bits per heavy atom. The number of anilines is 3. The van der Waals surface area contributed by atoms with Crippen molar-refractivity contribution in [1.29, 1.82) is 0 Å². The first-order valence-corrected chi connectivity index (χ1v) is 11.1. The maximum absolute atomic E-state index is 14.0. The molecule has 0 aliphatic carbocycles. The van der Waals surface area contributed by atoms with E-state index in [0.29, 0.717) is 29.2 Å². The smallest absolute Gasteiger partial charge is 0.323 e. The van der Waals surface area contributed by atoms with Crippen LogP contribution < -0.4 is 20.3 Å². The van der Waals surface area contributed by atoms with Crippen LogP contribution in [0.2, 0.25) is 0 Å². The van der Waals surface area contributed by atoms with Crippen molar-refractivity contribution < 1.29 is 18.3 Å². The van der Waals surface area contributed by atoms with Crippen LogP contribution in [0.15, 0.2) is 60.8 Å². The van der Waals surface area contributed by atoms with Gasteiger partial charge in [0.25, 0.3) is 0 Å². The number of hydrogen-bond acceptors (Lipinski definition) is 5. The Labute approximate surface area is 197 Å². The summed E-state index contributed by atoms with van der Waals surface area (Å²) in [5.41, 5.74) is 1.73. The van der Waals surface area contributed by atoms with Gasteiger partial charge in [-0.2, -0.15) is 0 Å². The van der Waals surface area contributed by atoms with Gasteiger partial charge in [-0.3, -0.25) is 4.90 Å². The van der Waals surface area contributed by atoms with E-state index in [1.807, 2.05) is 12.1 Å². The molecular formula is C25H27F2N5O2. The number of amides is 2. The maximum Gasteiger partial charge on any atom is 0.323 e. The second-order valence-corrected chi connectivity index (χ2v) is 8.07. The molecule has 2 N–H and O–H groups in total. The van der Waals surface area contributed by atoms with E-state index in [2.05, 4.69) is 25.4 Å². The van der Waals surface area contributed by atoms with E-state index >= 15 is 0 Å². The zero-order chi connectivity index (χ0) is 23.9. The average Bonchev–Trinajstić information content (AvgIpc) is 3.07. The monoisotopic (exact) mass is 467 g/mol. The Bertz CT molecular complexity index is 1110. The van der Waals surface area contributed by atoms with Gasteiger partial charge in [0.2, 0.25) is 0 Å². The molecule has 2 aromatic carbocycles. The van der Waals surface area contributed by atoms with Crippen LogP contribution in [0, 0.1) is 11.6 Å². The number of aromatic nitrogens is 1. The number of methoxy groups -OCH3 is 1. The van der Waals surface area contributed by atoms with Gasteiger partial charge in [-0.25, -0.2) is 18.6 Å². The Hall–Kier alpha value is -3.72. The summed E-state index contributed by atoms with van der Waals surface area (Å²) in [6, 6.07) is 14.1. The quantitative estimate of drug-likeness (QED) is 0.549. The highest BCUT2D eigenvalue weighted by Crippen LogP contribution is 2.19. The number of carbonyl (C=O) groups is 1. The summed E-state index contributed by atoms with van der Waals surface area (Å²) in [4.78, 5) is 21.1. The minimum absolute atomic E-state index is 0.363. The van der Waals surface area contributed by atoms with Gasteiger partial charge in [-0.15, -0.1) is 0 Å². The number of hydrogen-bond donors (Lipinski definition) is 2. The molecule has 9 heteroatoms. The molecule has 3 aromatic rings. The van der Waals surface area contributed by atoms with Crippen molar-refractivity contribution in [1.82, 2.24) is 9.88 Å². The van der Waals surface area contributed by atoms with Crippen LogP contribution in [0.4, 0.5) is 30.8 Å². The molecule has 1 aromatic heterocycles. The number of nitrogens with one attached hydrogen (secondary N) is 2. The Kier molecular flexibility index (Phi) is 7.54. The number of carbonyl (C=O) groups excluding carboxylic acids is 1. The second-order valence-electron chi connectivity index (χ2n) is 8.07. The molecule has 2 amide bonds. The van der Waals surface area contributed by atoms with E-state index in [1.165, 1.54) is 12.1 Å². The zero-order valence-electron chi connectivity index (χ0n) is 18.9. The van der Waals surface area contributed by atoms with Gasteiger partial charge in [-0.05, 0) is 48.9 Å². The molecule has 7 nitrogen and oxygen atoms in total. The van der Waals surface area contributed by atoms with E-state index in [1.54, 1.807) is 37.6 Å². The lowest BCUT2D eigenvalue weighted by atomic mass is 10.2. The van der Waals surface area contributed by atoms with Crippen LogP contribution >= 0.6 is 0 Å². The summed E-state index contributed by atoms with van der Waals surface area (Å²) >= 11 is 0. The lowest BCUT2D eigenvalue weighted by Crippen LogP contribution is -2.31. The van der Waals surface area contributed by atoms with Crippen molar-refractivity contribution in [3.63, 3.8) is 0 Å². The van der Waals surface area contributed by atoms with Crippen LogP contribution in [0.25, 0.3) is 0 Å². The van der Waals surface area contributed by atoms with Crippen molar-refractivity contribution >= 4 is 23.2 Å². The van der Waals surface area contributed by atoms with Crippen LogP contribution in [-0.4, -0.2) is 49.2 Å². The Morgan fingerprint density at radius 2 is 1.74 bits per heavy atom. The molecule has 0 spiro atoms. The standard InChI is InChI=1S/C25H27F2N5O2/c1-34-22-8-5-20(6-9-22)29-25(33)30-21-7-10-24(28-16-21)32-12-2-11-31(13-14-32)17-18-3-4-19(26)15-23(18)27/h3-10,15-16H,2,11-14,17H2,1H3,(H2,29,30,33). The van der Waals surface area contributed by atoms with Crippen molar-refractivity contribution in [3.05, 3.63) is 78.0 Å². The fraction of sp³-hybridized carbons (Fsp3) is 0.280. The first kappa shape index (κ1) is 23.4. The van der Waals surface area contributed by atoms with Gasteiger partial charge in [0.15, 0.2) is 0 Å². The number of nitrogens with zero attached hydrogens (tertiary/aromatic N) is 3. The minimum Gasteiger partial charge on any atom is -0.497 e. The maximum atomic E-state index is 14.0. The SMILES string of the molecule is COc1ccc(NC(=O)Nc2ccc(N3CCCN(Cc4ccc(F)cc4F)CC3)nc2)cc1. The summed E-state index contributed by atoms with van der Waals surface area (Å²) in [6.07, 6.45) is 2.52. The summed E-state index contributed by atoms with van der Waals surface area (Å²) in [6.45, 7) is 3.56. The number of ether oxygens (including phenoxy) is 1. The van der Waals surface area contributed by atoms with E-state index < -0.39 is 11.6 Å². The van der Waals surface area contributed by atoms with Gasteiger partial charge >= 0.3 is 6.03 Å². The van der Waals surface area contributed by atoms with Crippen LogP contribution in [0.1, 0.15) is 12.0 Å². The Morgan fingerprint density at radius 1 is 0.971 bits per heavy atom. The second kappa shape index (κ2) is 10.9. The molecule has 1 fully saturated rings. The van der Waals surface area contributed by atoms with Crippen molar-refractivity contribution in [3.8, 4) is 5.75 Å². The van der Waals surface area contributed by atoms with Gasteiger partial charge in [0.05, 0.1) is 19.0 Å². The van der Waals surface area contributed by atoms with E-state index in [0.717, 1.165) is 44.5 Å². The lowest BCUT2D eigenvalue weighted by molar-refractivity contribution is 0.262. The Balaban J connectivity index is 1.29. The van der Waals surface area contributed by atoms with Gasteiger partial charge in [0, 0.05) is 50.0 Å². The highest BCUT2D eigenvalue weighted by molar-refractivity contribution is 5.99. The summed E-state index contributed by atoms with van der Waals surface area (Å²) in [5.74, 6) is 0.452. The predicted molar refractivity (Wildman–Crippen MR) is 128 cm³/mol. The molecule has 0 unspecified atom stereocenters. The fourth-order valence-corrected chi connectivity index (χ4v) is 3.86. The molecule has 1 aliphatic heterocycles. The molecule has 4 rings (SSSR count). The molecule has 2 heterocycles. The molecule has 0 saturated carbocycles. The summed E-state index contributed by atoms with van der Waals surface area (Å²) in [5, 5.41) is 5.54. The van der Waals surface area contributed by atoms with Crippen molar-refractivity contribution in [2.24, 2.45) is 0 Å². The summed E-state index contributed by atoms with van der Waals surface area (Å²) < 4.78 is 32.3. The molecule has 0 radical (unpaired) electrons. The van der Waals surface area contributed by atoms with Crippen molar-refractivity contribution in [2.45, 2.75) is 13.0 Å². The third kappa shape index (κ3) is 6.20. The van der Waals surface area contributed by atoms with Crippen LogP contribution in [0.3, 0.4) is 0 Å². The third-order valence-corrected chi connectivity index (χ3v) is 5.68. The number of benzene rings is 2. The van der Waals surface area contributed by atoms with E-state index in [9.17, 15) is 13.6 Å². The first-order valence-electron chi connectivity index (χ1n) is 11.1. The molecule has 1 saturated heterocycles. The normalized spacial score (nSPS) is 14.4. The molecule has 1 aliphatic rings. The molecule has 178 valence electrons. The lowest BCUT2D eigenvalue weighted by Gasteiger charge is -2.23. The average molecular weight is 468 g/mol. The van der Waals surface area contributed by atoms with Crippen LogP contribution in [0.5, 0.6) is 5.75 Å². The van der Waals surface area contributed by atoms with Gasteiger partial charge < -0.3 is 20.3 Å². The van der Waals surface area contributed by atoms with E-state index in [4.69, 9.17) is 4.74 Å². The number of pyridine rings is 1. The summed E-state index contributed by atoms with van der Waals surface area (Å²) in [7, 11) is 1.59. The van der Waals surface area contributed by atoms with Crippen molar-refractivity contribution in [2.75, 3.05) is 48.8 Å². The zero-order valence-corrected chi connectivity index (χ0v) is 18.9.